The molecule has 0 saturated heterocycles. The number of carbonyl (C=O) groups excluding carboxylic acids is 1. The molecule has 0 atom stereocenters. The maximum atomic E-state index is 11.9. The van der Waals surface area contributed by atoms with Crippen LogP contribution in [-0.2, 0) is 11.2 Å². The topological polar surface area (TPSA) is 52.6 Å². The molecule has 0 spiro atoms. The minimum absolute atomic E-state index is 0.0645. The number of carbonyl (C=O) groups is 1. The van der Waals surface area contributed by atoms with E-state index in [9.17, 15) is 4.79 Å². The van der Waals surface area contributed by atoms with Crippen molar-refractivity contribution in [3.05, 3.63) is 35.9 Å². The molecule has 21 heavy (non-hydrogen) atoms. The van der Waals surface area contributed by atoms with Crippen LogP contribution in [-0.4, -0.2) is 48.2 Å². The molecule has 4 heteroatoms. The summed E-state index contributed by atoms with van der Waals surface area (Å²) in [7, 11) is 0. The zero-order chi connectivity index (χ0) is 15.5. The molecule has 0 unspecified atom stereocenters. The van der Waals surface area contributed by atoms with Gasteiger partial charge in [0.2, 0.25) is 5.91 Å². The summed E-state index contributed by atoms with van der Waals surface area (Å²) in [6.45, 7) is 6.18. The first-order valence-electron chi connectivity index (χ1n) is 7.79. The zero-order valence-electron chi connectivity index (χ0n) is 13.2. The molecule has 0 aliphatic rings. The average molecular weight is 292 g/mol. The number of rotatable bonds is 10. The Balaban J connectivity index is 2.20. The highest BCUT2D eigenvalue weighted by atomic mass is 16.3. The van der Waals surface area contributed by atoms with Gasteiger partial charge >= 0.3 is 0 Å². The molecule has 0 aromatic heterocycles. The van der Waals surface area contributed by atoms with Crippen molar-refractivity contribution in [1.82, 2.24) is 10.2 Å². The summed E-state index contributed by atoms with van der Waals surface area (Å²) in [6, 6.07) is 10.6. The first-order chi connectivity index (χ1) is 10.1. The molecule has 118 valence electrons. The van der Waals surface area contributed by atoms with Crippen molar-refractivity contribution in [2.45, 2.75) is 39.2 Å². The van der Waals surface area contributed by atoms with Crippen LogP contribution in [0.5, 0.6) is 0 Å². The van der Waals surface area contributed by atoms with Crippen LogP contribution in [0.25, 0.3) is 0 Å². The van der Waals surface area contributed by atoms with Crippen molar-refractivity contribution in [3.63, 3.8) is 0 Å². The second-order valence-corrected chi connectivity index (χ2v) is 5.58. The number of aliphatic hydroxyl groups is 1. The molecule has 0 radical (unpaired) electrons. The highest BCUT2D eigenvalue weighted by Gasteiger charge is 2.13. The molecule has 1 amide bonds. The maximum absolute atomic E-state index is 11.9. The van der Waals surface area contributed by atoms with E-state index >= 15 is 0 Å². The van der Waals surface area contributed by atoms with Crippen molar-refractivity contribution >= 4 is 5.91 Å². The molecule has 0 aliphatic carbocycles. The van der Waals surface area contributed by atoms with Crippen molar-refractivity contribution in [2.75, 3.05) is 26.2 Å². The van der Waals surface area contributed by atoms with E-state index < -0.39 is 0 Å². The Morgan fingerprint density at radius 1 is 1.24 bits per heavy atom. The largest absolute Gasteiger partial charge is 0.396 e. The molecule has 1 aromatic carbocycles. The summed E-state index contributed by atoms with van der Waals surface area (Å²) in [6.07, 6.45) is 2.65. The summed E-state index contributed by atoms with van der Waals surface area (Å²) in [5, 5.41) is 11.9. The Bertz CT molecular complexity index is 393. The van der Waals surface area contributed by atoms with Gasteiger partial charge in [-0.25, -0.2) is 0 Å². The number of hydrogen-bond donors (Lipinski definition) is 2. The lowest BCUT2D eigenvalue weighted by molar-refractivity contribution is -0.122. The van der Waals surface area contributed by atoms with Gasteiger partial charge in [-0.15, -0.1) is 0 Å². The zero-order valence-corrected chi connectivity index (χ0v) is 13.2. The van der Waals surface area contributed by atoms with Crippen LogP contribution in [0.1, 0.15) is 32.3 Å². The summed E-state index contributed by atoms with van der Waals surface area (Å²) >= 11 is 0. The molecule has 2 N–H and O–H groups in total. The molecule has 0 fully saturated rings. The molecule has 0 bridgehead atoms. The summed E-state index contributed by atoms with van der Waals surface area (Å²) in [5.74, 6) is 0.0645. The second-order valence-electron chi connectivity index (χ2n) is 5.58. The standard InChI is InChI=1S/C17H28N2O2/c1-15(2)19(12-7-13-20)14-17(21)18-11-6-10-16-8-4-3-5-9-16/h3-5,8-9,15,20H,6-7,10-14H2,1-2H3,(H,18,21). The van der Waals surface area contributed by atoms with Gasteiger partial charge in [-0.3, -0.25) is 9.69 Å². The van der Waals surface area contributed by atoms with E-state index in [1.165, 1.54) is 5.56 Å². The second kappa shape index (κ2) is 10.4. The molecule has 4 nitrogen and oxygen atoms in total. The van der Waals surface area contributed by atoms with Crippen LogP contribution in [0, 0.1) is 0 Å². The van der Waals surface area contributed by atoms with Crippen molar-refractivity contribution in [2.24, 2.45) is 0 Å². The Hall–Kier alpha value is -1.39. The minimum Gasteiger partial charge on any atom is -0.396 e. The molecule has 1 aromatic rings. The predicted octanol–water partition coefficient (Wildman–Crippen LogP) is 1.83. The van der Waals surface area contributed by atoms with E-state index in [-0.39, 0.29) is 12.5 Å². The van der Waals surface area contributed by atoms with Gasteiger partial charge in [0, 0.05) is 25.7 Å². The fourth-order valence-corrected chi connectivity index (χ4v) is 2.20. The Morgan fingerprint density at radius 2 is 1.95 bits per heavy atom. The highest BCUT2D eigenvalue weighted by Crippen LogP contribution is 2.02. The normalized spacial score (nSPS) is 11.1. The number of aliphatic hydroxyl groups excluding tert-OH is 1. The van der Waals surface area contributed by atoms with Gasteiger partial charge in [0.15, 0.2) is 0 Å². The molecule has 1 rings (SSSR count). The quantitative estimate of drug-likeness (QED) is 0.647. The Labute approximate surface area is 128 Å². The SMILES string of the molecule is CC(C)N(CCCO)CC(=O)NCCCc1ccccc1. The summed E-state index contributed by atoms with van der Waals surface area (Å²) in [4.78, 5) is 14.0. The number of amides is 1. The smallest absolute Gasteiger partial charge is 0.234 e. The fourth-order valence-electron chi connectivity index (χ4n) is 2.20. The monoisotopic (exact) mass is 292 g/mol. The third-order valence-corrected chi connectivity index (χ3v) is 3.49. The predicted molar refractivity (Wildman–Crippen MR) is 86.2 cm³/mol. The van der Waals surface area contributed by atoms with E-state index in [1.807, 2.05) is 18.2 Å². The Kier molecular flexibility index (Phi) is 8.71. The molecular formula is C17H28N2O2. The number of nitrogens with zero attached hydrogens (tertiary/aromatic N) is 1. The van der Waals surface area contributed by atoms with Gasteiger partial charge < -0.3 is 10.4 Å². The van der Waals surface area contributed by atoms with Crippen molar-refractivity contribution in [3.8, 4) is 0 Å². The molecule has 0 heterocycles. The van der Waals surface area contributed by atoms with E-state index in [4.69, 9.17) is 5.11 Å². The lowest BCUT2D eigenvalue weighted by atomic mass is 10.1. The van der Waals surface area contributed by atoms with Crippen LogP contribution in [0.3, 0.4) is 0 Å². The Morgan fingerprint density at radius 3 is 2.57 bits per heavy atom. The van der Waals surface area contributed by atoms with Crippen LogP contribution in [0.15, 0.2) is 30.3 Å². The fraction of sp³-hybridized carbons (Fsp3) is 0.588. The van der Waals surface area contributed by atoms with Crippen LogP contribution >= 0.6 is 0 Å². The number of nitrogens with one attached hydrogen (secondary N) is 1. The number of aryl methyl sites for hydroxylation is 1. The minimum atomic E-state index is 0.0645. The molecule has 0 saturated carbocycles. The van der Waals surface area contributed by atoms with E-state index in [2.05, 4.69) is 36.2 Å². The van der Waals surface area contributed by atoms with Crippen LogP contribution < -0.4 is 5.32 Å². The van der Waals surface area contributed by atoms with Crippen molar-refractivity contribution in [1.29, 1.82) is 0 Å². The first kappa shape index (κ1) is 17.7. The third kappa shape index (κ3) is 7.83. The summed E-state index contributed by atoms with van der Waals surface area (Å²) < 4.78 is 0. The van der Waals surface area contributed by atoms with Gasteiger partial charge in [0.25, 0.3) is 0 Å². The number of benzene rings is 1. The first-order valence-corrected chi connectivity index (χ1v) is 7.79. The average Bonchev–Trinajstić information content (AvgIpc) is 2.48. The number of hydrogen-bond acceptors (Lipinski definition) is 3. The van der Waals surface area contributed by atoms with Gasteiger partial charge in [0.05, 0.1) is 6.54 Å². The van der Waals surface area contributed by atoms with E-state index in [1.54, 1.807) is 0 Å². The lowest BCUT2D eigenvalue weighted by Gasteiger charge is -2.25. The van der Waals surface area contributed by atoms with E-state index in [0.29, 0.717) is 25.6 Å². The van der Waals surface area contributed by atoms with Crippen LogP contribution in [0.2, 0.25) is 0 Å². The lowest BCUT2D eigenvalue weighted by Crippen LogP contribution is -2.41. The van der Waals surface area contributed by atoms with Gasteiger partial charge in [-0.05, 0) is 38.7 Å². The van der Waals surface area contributed by atoms with Gasteiger partial charge in [0.1, 0.15) is 0 Å². The van der Waals surface area contributed by atoms with Gasteiger partial charge in [-0.2, -0.15) is 0 Å². The highest BCUT2D eigenvalue weighted by molar-refractivity contribution is 5.78. The van der Waals surface area contributed by atoms with E-state index in [0.717, 1.165) is 19.4 Å². The summed E-state index contributed by atoms with van der Waals surface area (Å²) in [5.41, 5.74) is 1.30. The maximum Gasteiger partial charge on any atom is 0.234 e. The van der Waals surface area contributed by atoms with Crippen LogP contribution in [0.4, 0.5) is 0 Å². The van der Waals surface area contributed by atoms with Crippen molar-refractivity contribution < 1.29 is 9.90 Å². The molecule has 0 aliphatic heterocycles. The van der Waals surface area contributed by atoms with Gasteiger partial charge in [-0.1, -0.05) is 30.3 Å². The molecular weight excluding hydrogens is 264 g/mol. The third-order valence-electron chi connectivity index (χ3n) is 3.49.